The molecule has 0 radical (unpaired) electrons. The Morgan fingerprint density at radius 3 is 2.89 bits per heavy atom. The first kappa shape index (κ1) is 14.3. The van der Waals surface area contributed by atoms with Crippen LogP contribution in [0.5, 0.6) is 0 Å². The number of rotatable bonds is 3. The van der Waals surface area contributed by atoms with Gasteiger partial charge in [-0.1, -0.05) is 17.7 Å². The molecule has 0 spiro atoms. The number of carboxylic acids is 1. The van der Waals surface area contributed by atoms with E-state index in [9.17, 15) is 9.90 Å². The van der Waals surface area contributed by atoms with Gasteiger partial charge in [-0.05, 0) is 43.1 Å². The third-order valence-electron chi connectivity index (χ3n) is 3.50. The van der Waals surface area contributed by atoms with Crippen molar-refractivity contribution >= 4 is 17.6 Å². The van der Waals surface area contributed by atoms with E-state index in [4.69, 9.17) is 11.6 Å². The van der Waals surface area contributed by atoms with Crippen molar-refractivity contribution in [2.75, 3.05) is 26.2 Å². The third kappa shape index (κ3) is 3.47. The zero-order valence-corrected chi connectivity index (χ0v) is 11.8. The molecular weight excluding hydrogens is 264 g/mol. The molecule has 1 aromatic rings. The molecule has 0 saturated carbocycles. The van der Waals surface area contributed by atoms with Crippen LogP contribution in [0.25, 0.3) is 0 Å². The molecule has 2 N–H and O–H groups in total. The lowest BCUT2D eigenvalue weighted by Crippen LogP contribution is -2.37. The molecule has 0 amide bonds. The number of hydrogen-bond donors (Lipinski definition) is 2. The topological polar surface area (TPSA) is 52.6 Å². The first-order valence-electron chi connectivity index (χ1n) is 6.53. The number of aliphatic carboxylic acids is 1. The summed E-state index contributed by atoms with van der Waals surface area (Å²) in [5.74, 6) is -0.799. The average Bonchev–Trinajstić information content (AvgIpc) is 2.61. The van der Waals surface area contributed by atoms with E-state index < -0.39 is 12.0 Å². The summed E-state index contributed by atoms with van der Waals surface area (Å²) < 4.78 is 0. The maximum Gasteiger partial charge on any atom is 0.325 e. The molecule has 104 valence electrons. The smallest absolute Gasteiger partial charge is 0.325 e. The van der Waals surface area contributed by atoms with Crippen molar-refractivity contribution in [1.82, 2.24) is 10.2 Å². The van der Waals surface area contributed by atoms with Crippen LogP contribution < -0.4 is 5.32 Å². The Morgan fingerprint density at radius 1 is 1.42 bits per heavy atom. The van der Waals surface area contributed by atoms with Gasteiger partial charge in [0.15, 0.2) is 0 Å². The van der Waals surface area contributed by atoms with Crippen LogP contribution in [-0.4, -0.2) is 42.2 Å². The normalized spacial score (nSPS) is 18.8. The van der Waals surface area contributed by atoms with E-state index in [0.717, 1.165) is 43.7 Å². The lowest BCUT2D eigenvalue weighted by atomic mass is 9.99. The van der Waals surface area contributed by atoms with Gasteiger partial charge in [0.2, 0.25) is 0 Å². The summed E-state index contributed by atoms with van der Waals surface area (Å²) in [5, 5.41) is 13.5. The Kier molecular flexibility index (Phi) is 4.80. The van der Waals surface area contributed by atoms with Crippen molar-refractivity contribution < 1.29 is 9.90 Å². The number of benzene rings is 1. The van der Waals surface area contributed by atoms with Gasteiger partial charge in [-0.15, -0.1) is 0 Å². The largest absolute Gasteiger partial charge is 0.480 e. The van der Waals surface area contributed by atoms with Crippen LogP contribution >= 0.6 is 11.6 Å². The Hall–Kier alpha value is -1.10. The van der Waals surface area contributed by atoms with Crippen LogP contribution in [0.1, 0.15) is 23.6 Å². The number of hydrogen-bond acceptors (Lipinski definition) is 3. The molecule has 1 heterocycles. The lowest BCUT2D eigenvalue weighted by molar-refractivity contribution is -0.143. The van der Waals surface area contributed by atoms with Gasteiger partial charge >= 0.3 is 5.97 Å². The van der Waals surface area contributed by atoms with E-state index in [0.29, 0.717) is 5.02 Å². The molecule has 1 fully saturated rings. The molecule has 1 saturated heterocycles. The summed E-state index contributed by atoms with van der Waals surface area (Å²) in [4.78, 5) is 13.7. The average molecular weight is 283 g/mol. The summed E-state index contributed by atoms with van der Waals surface area (Å²) in [5.41, 5.74) is 1.76. The highest BCUT2D eigenvalue weighted by Gasteiger charge is 2.28. The molecular formula is C14H19ClN2O2. The van der Waals surface area contributed by atoms with Crippen molar-refractivity contribution in [2.24, 2.45) is 0 Å². The van der Waals surface area contributed by atoms with Crippen molar-refractivity contribution in [3.8, 4) is 0 Å². The van der Waals surface area contributed by atoms with Gasteiger partial charge in [-0.2, -0.15) is 0 Å². The van der Waals surface area contributed by atoms with Crippen LogP contribution in [0.2, 0.25) is 5.02 Å². The zero-order chi connectivity index (χ0) is 13.8. The minimum atomic E-state index is -0.799. The Labute approximate surface area is 118 Å². The van der Waals surface area contributed by atoms with Crippen LogP contribution in [0.3, 0.4) is 0 Å². The van der Waals surface area contributed by atoms with Gasteiger partial charge in [0.05, 0.1) is 0 Å². The van der Waals surface area contributed by atoms with Crippen LogP contribution in [0.4, 0.5) is 0 Å². The monoisotopic (exact) mass is 282 g/mol. The molecule has 1 unspecified atom stereocenters. The molecule has 0 aromatic heterocycles. The maximum absolute atomic E-state index is 11.7. The second-order valence-electron chi connectivity index (χ2n) is 4.88. The molecule has 0 bridgehead atoms. The van der Waals surface area contributed by atoms with E-state index in [1.807, 2.05) is 24.0 Å². The number of carboxylic acid groups (broad SMARTS) is 1. The predicted molar refractivity (Wildman–Crippen MR) is 75.6 cm³/mol. The van der Waals surface area contributed by atoms with E-state index in [1.54, 1.807) is 6.07 Å². The second-order valence-corrected chi connectivity index (χ2v) is 5.32. The molecule has 1 atom stereocenters. The molecule has 4 nitrogen and oxygen atoms in total. The van der Waals surface area contributed by atoms with Gasteiger partial charge < -0.3 is 10.4 Å². The van der Waals surface area contributed by atoms with E-state index in [1.165, 1.54) is 0 Å². The standard InChI is InChI=1S/C14H19ClN2O2/c1-10-9-11(15)3-4-12(10)13(14(18)19)17-7-2-5-16-6-8-17/h3-4,9,13,16H,2,5-8H2,1H3,(H,18,19). The summed E-state index contributed by atoms with van der Waals surface area (Å²) in [6, 6.07) is 4.82. The van der Waals surface area contributed by atoms with Crippen molar-refractivity contribution in [3.05, 3.63) is 34.3 Å². The predicted octanol–water partition coefficient (Wildman–Crippen LogP) is 2.07. The minimum absolute atomic E-state index is 0.586. The molecule has 0 aliphatic carbocycles. The number of nitrogens with zero attached hydrogens (tertiary/aromatic N) is 1. The molecule has 1 aliphatic rings. The highest BCUT2D eigenvalue weighted by atomic mass is 35.5. The summed E-state index contributed by atoms with van der Waals surface area (Å²) in [7, 11) is 0. The fourth-order valence-corrected chi connectivity index (χ4v) is 2.78. The Bertz CT molecular complexity index is 457. The first-order chi connectivity index (χ1) is 9.09. The molecule has 2 rings (SSSR count). The number of aryl methyl sites for hydroxylation is 1. The second kappa shape index (κ2) is 6.37. The van der Waals surface area contributed by atoms with Crippen LogP contribution in [-0.2, 0) is 4.79 Å². The van der Waals surface area contributed by atoms with Crippen molar-refractivity contribution in [2.45, 2.75) is 19.4 Å². The molecule has 19 heavy (non-hydrogen) atoms. The van der Waals surface area contributed by atoms with Gasteiger partial charge in [0, 0.05) is 24.7 Å². The Morgan fingerprint density at radius 2 is 2.21 bits per heavy atom. The van der Waals surface area contributed by atoms with Crippen LogP contribution in [0.15, 0.2) is 18.2 Å². The van der Waals surface area contributed by atoms with E-state index >= 15 is 0 Å². The number of nitrogens with one attached hydrogen (secondary N) is 1. The fourth-order valence-electron chi connectivity index (χ4n) is 2.56. The highest BCUT2D eigenvalue weighted by molar-refractivity contribution is 6.30. The van der Waals surface area contributed by atoms with Gasteiger partial charge in [-0.25, -0.2) is 0 Å². The van der Waals surface area contributed by atoms with E-state index in [-0.39, 0.29) is 0 Å². The first-order valence-corrected chi connectivity index (χ1v) is 6.91. The van der Waals surface area contributed by atoms with Crippen molar-refractivity contribution in [1.29, 1.82) is 0 Å². The highest BCUT2D eigenvalue weighted by Crippen LogP contribution is 2.27. The summed E-state index contributed by atoms with van der Waals surface area (Å²) in [6.07, 6.45) is 0.969. The minimum Gasteiger partial charge on any atom is -0.480 e. The molecule has 1 aromatic carbocycles. The SMILES string of the molecule is Cc1cc(Cl)ccc1C(C(=O)O)N1CCCNCC1. The van der Waals surface area contributed by atoms with Gasteiger partial charge in [-0.3, -0.25) is 9.69 Å². The summed E-state index contributed by atoms with van der Waals surface area (Å²) in [6.45, 7) is 5.23. The van der Waals surface area contributed by atoms with Gasteiger partial charge in [0.1, 0.15) is 6.04 Å². The Balaban J connectivity index is 2.30. The zero-order valence-electron chi connectivity index (χ0n) is 11.0. The number of carbonyl (C=O) groups is 1. The number of halogens is 1. The quantitative estimate of drug-likeness (QED) is 0.891. The lowest BCUT2D eigenvalue weighted by Gasteiger charge is -2.28. The molecule has 5 heteroatoms. The van der Waals surface area contributed by atoms with E-state index in [2.05, 4.69) is 5.32 Å². The van der Waals surface area contributed by atoms with Crippen molar-refractivity contribution in [3.63, 3.8) is 0 Å². The maximum atomic E-state index is 11.7. The fraction of sp³-hybridized carbons (Fsp3) is 0.500. The van der Waals surface area contributed by atoms with Crippen LogP contribution in [0, 0.1) is 6.92 Å². The molecule has 1 aliphatic heterocycles. The third-order valence-corrected chi connectivity index (χ3v) is 3.74. The summed E-state index contributed by atoms with van der Waals surface area (Å²) >= 11 is 5.94. The van der Waals surface area contributed by atoms with Gasteiger partial charge in [0.25, 0.3) is 0 Å².